The van der Waals surface area contributed by atoms with Crippen molar-refractivity contribution in [2.24, 2.45) is 0 Å². The molecule has 0 aliphatic rings. The van der Waals surface area contributed by atoms with Gasteiger partial charge in [-0.2, -0.15) is 0 Å². The monoisotopic (exact) mass is 261 g/mol. The average Bonchev–Trinajstić information content (AvgIpc) is 2.35. The summed E-state index contributed by atoms with van der Waals surface area (Å²) in [5, 5.41) is 3.13. The SMILES string of the molecule is Cc1ccc(C(=O)Nc2cnccc2Cl)cc1N. The number of pyridine rings is 1. The lowest BCUT2D eigenvalue weighted by molar-refractivity contribution is 0.102. The van der Waals surface area contributed by atoms with Crippen LogP contribution in [0.5, 0.6) is 0 Å². The summed E-state index contributed by atoms with van der Waals surface area (Å²) in [5.41, 5.74) is 8.24. The summed E-state index contributed by atoms with van der Waals surface area (Å²) in [5.74, 6) is -0.267. The zero-order chi connectivity index (χ0) is 13.1. The summed E-state index contributed by atoms with van der Waals surface area (Å²) in [4.78, 5) is 15.9. The van der Waals surface area contributed by atoms with E-state index in [4.69, 9.17) is 17.3 Å². The maximum atomic E-state index is 12.0. The Morgan fingerprint density at radius 2 is 2.17 bits per heavy atom. The summed E-state index contributed by atoms with van der Waals surface area (Å²) in [6.07, 6.45) is 3.06. The molecular weight excluding hydrogens is 250 g/mol. The molecule has 0 atom stereocenters. The second-order valence-electron chi connectivity index (χ2n) is 3.88. The largest absolute Gasteiger partial charge is 0.398 e. The van der Waals surface area contributed by atoms with Crippen LogP contribution in [-0.2, 0) is 0 Å². The van der Waals surface area contributed by atoms with Crippen molar-refractivity contribution in [2.45, 2.75) is 6.92 Å². The van der Waals surface area contributed by atoms with Gasteiger partial charge in [-0.15, -0.1) is 0 Å². The minimum absolute atomic E-state index is 0.267. The second kappa shape index (κ2) is 5.06. The highest BCUT2D eigenvalue weighted by Crippen LogP contribution is 2.20. The first-order chi connectivity index (χ1) is 8.58. The van der Waals surface area contributed by atoms with E-state index >= 15 is 0 Å². The topological polar surface area (TPSA) is 68.0 Å². The van der Waals surface area contributed by atoms with Gasteiger partial charge in [-0.25, -0.2) is 0 Å². The number of anilines is 2. The van der Waals surface area contributed by atoms with Crippen LogP contribution in [0.3, 0.4) is 0 Å². The highest BCUT2D eigenvalue weighted by atomic mass is 35.5. The Balaban J connectivity index is 2.22. The van der Waals surface area contributed by atoms with Crippen molar-refractivity contribution in [3.63, 3.8) is 0 Å². The van der Waals surface area contributed by atoms with Gasteiger partial charge >= 0.3 is 0 Å². The van der Waals surface area contributed by atoms with Crippen molar-refractivity contribution >= 4 is 28.9 Å². The smallest absolute Gasteiger partial charge is 0.255 e. The van der Waals surface area contributed by atoms with Crippen molar-refractivity contribution in [1.82, 2.24) is 4.98 Å². The summed E-state index contributed by atoms with van der Waals surface area (Å²) in [7, 11) is 0. The van der Waals surface area contributed by atoms with E-state index in [1.165, 1.54) is 6.20 Å². The number of hydrogen-bond acceptors (Lipinski definition) is 3. The van der Waals surface area contributed by atoms with E-state index in [2.05, 4.69) is 10.3 Å². The fourth-order valence-corrected chi connectivity index (χ4v) is 1.60. The van der Waals surface area contributed by atoms with E-state index in [0.29, 0.717) is 22.0 Å². The van der Waals surface area contributed by atoms with Crippen molar-refractivity contribution in [3.8, 4) is 0 Å². The number of halogens is 1. The van der Waals surface area contributed by atoms with Crippen LogP contribution in [0, 0.1) is 6.92 Å². The molecule has 18 heavy (non-hydrogen) atoms. The molecule has 2 rings (SSSR count). The molecule has 4 nitrogen and oxygen atoms in total. The summed E-state index contributed by atoms with van der Waals surface area (Å²) >= 11 is 5.93. The molecule has 1 aromatic carbocycles. The molecule has 0 aliphatic carbocycles. The van der Waals surface area contributed by atoms with E-state index in [1.807, 2.05) is 6.92 Å². The predicted octanol–water partition coefficient (Wildman–Crippen LogP) is 2.88. The molecule has 0 saturated carbocycles. The first-order valence-electron chi connectivity index (χ1n) is 5.35. The zero-order valence-corrected chi connectivity index (χ0v) is 10.5. The highest BCUT2D eigenvalue weighted by Gasteiger charge is 2.09. The molecule has 1 heterocycles. The van der Waals surface area contributed by atoms with E-state index in [0.717, 1.165) is 5.56 Å². The maximum Gasteiger partial charge on any atom is 0.255 e. The Morgan fingerprint density at radius 1 is 1.39 bits per heavy atom. The third-order valence-corrected chi connectivity index (χ3v) is 2.89. The molecule has 0 aliphatic heterocycles. The van der Waals surface area contributed by atoms with Gasteiger partial charge in [0.1, 0.15) is 0 Å². The Morgan fingerprint density at radius 3 is 2.83 bits per heavy atom. The third kappa shape index (κ3) is 2.60. The maximum absolute atomic E-state index is 12.0. The number of nitrogens with two attached hydrogens (primary N) is 1. The lowest BCUT2D eigenvalue weighted by Crippen LogP contribution is -2.12. The number of aromatic nitrogens is 1. The van der Waals surface area contributed by atoms with E-state index in [-0.39, 0.29) is 5.91 Å². The molecule has 0 saturated heterocycles. The highest BCUT2D eigenvalue weighted by molar-refractivity contribution is 6.33. The van der Waals surface area contributed by atoms with Crippen LogP contribution in [0.25, 0.3) is 0 Å². The van der Waals surface area contributed by atoms with E-state index in [1.54, 1.807) is 30.5 Å². The van der Waals surface area contributed by atoms with Gasteiger partial charge in [0.25, 0.3) is 5.91 Å². The number of nitrogen functional groups attached to an aromatic ring is 1. The molecule has 1 amide bonds. The summed E-state index contributed by atoms with van der Waals surface area (Å²) < 4.78 is 0. The minimum Gasteiger partial charge on any atom is -0.398 e. The zero-order valence-electron chi connectivity index (χ0n) is 9.77. The van der Waals surface area contributed by atoms with Gasteiger partial charge in [-0.3, -0.25) is 9.78 Å². The quantitative estimate of drug-likeness (QED) is 0.817. The number of nitrogens with one attached hydrogen (secondary N) is 1. The molecule has 3 N–H and O–H groups in total. The number of carbonyl (C=O) groups is 1. The molecule has 0 spiro atoms. The van der Waals surface area contributed by atoms with Crippen molar-refractivity contribution in [1.29, 1.82) is 0 Å². The normalized spacial score (nSPS) is 10.1. The molecule has 0 fully saturated rings. The Kier molecular flexibility index (Phi) is 3.48. The third-order valence-electron chi connectivity index (χ3n) is 2.56. The van der Waals surface area contributed by atoms with Crippen LogP contribution in [0.1, 0.15) is 15.9 Å². The molecule has 0 bridgehead atoms. The van der Waals surface area contributed by atoms with Crippen LogP contribution in [0.2, 0.25) is 5.02 Å². The predicted molar refractivity (Wildman–Crippen MR) is 72.8 cm³/mol. The number of nitrogens with zero attached hydrogens (tertiary/aromatic N) is 1. The van der Waals surface area contributed by atoms with E-state index < -0.39 is 0 Å². The van der Waals surface area contributed by atoms with Crippen molar-refractivity contribution in [2.75, 3.05) is 11.1 Å². The van der Waals surface area contributed by atoms with Gasteiger partial charge in [0.15, 0.2) is 0 Å². The number of benzene rings is 1. The minimum atomic E-state index is -0.267. The Labute approximate surface area is 110 Å². The van der Waals surface area contributed by atoms with Crippen LogP contribution in [-0.4, -0.2) is 10.9 Å². The molecule has 0 unspecified atom stereocenters. The second-order valence-corrected chi connectivity index (χ2v) is 4.29. The first-order valence-corrected chi connectivity index (χ1v) is 5.72. The van der Waals surface area contributed by atoms with E-state index in [9.17, 15) is 4.79 Å². The molecular formula is C13H12ClN3O. The number of aryl methyl sites for hydroxylation is 1. The van der Waals surface area contributed by atoms with Gasteiger partial charge in [0.05, 0.1) is 16.9 Å². The number of hydrogen-bond donors (Lipinski definition) is 2. The molecule has 92 valence electrons. The van der Waals surface area contributed by atoms with Crippen molar-refractivity contribution in [3.05, 3.63) is 52.8 Å². The van der Waals surface area contributed by atoms with Gasteiger partial charge < -0.3 is 11.1 Å². The van der Waals surface area contributed by atoms with Gasteiger partial charge in [0, 0.05) is 17.4 Å². The summed E-state index contributed by atoms with van der Waals surface area (Å²) in [6.45, 7) is 1.88. The van der Waals surface area contributed by atoms with Crippen LogP contribution in [0.15, 0.2) is 36.7 Å². The van der Waals surface area contributed by atoms with Gasteiger partial charge in [-0.1, -0.05) is 17.7 Å². The first kappa shape index (κ1) is 12.4. The average molecular weight is 262 g/mol. The van der Waals surface area contributed by atoms with Gasteiger partial charge in [0.2, 0.25) is 0 Å². The Hall–Kier alpha value is -2.07. The number of carbonyl (C=O) groups excluding carboxylic acids is 1. The van der Waals surface area contributed by atoms with Crippen LogP contribution in [0.4, 0.5) is 11.4 Å². The lowest BCUT2D eigenvalue weighted by atomic mass is 10.1. The molecule has 2 aromatic rings. The van der Waals surface area contributed by atoms with Gasteiger partial charge in [-0.05, 0) is 30.7 Å². The Bertz CT molecular complexity index is 599. The molecule has 1 aromatic heterocycles. The van der Waals surface area contributed by atoms with Crippen molar-refractivity contribution < 1.29 is 4.79 Å². The lowest BCUT2D eigenvalue weighted by Gasteiger charge is -2.07. The van der Waals surface area contributed by atoms with Crippen LogP contribution < -0.4 is 11.1 Å². The fraction of sp³-hybridized carbons (Fsp3) is 0.0769. The van der Waals surface area contributed by atoms with Crippen LogP contribution >= 0.6 is 11.6 Å². The summed E-state index contributed by atoms with van der Waals surface area (Å²) in [6, 6.07) is 6.76. The molecule has 5 heteroatoms. The fourth-order valence-electron chi connectivity index (χ4n) is 1.45. The number of rotatable bonds is 2. The number of amides is 1. The molecule has 0 radical (unpaired) electrons. The standard InChI is InChI=1S/C13H12ClN3O/c1-8-2-3-9(6-11(8)15)13(18)17-12-7-16-5-4-10(12)14/h2-7H,15H2,1H3,(H,17,18).